The van der Waals surface area contributed by atoms with Gasteiger partial charge in [0, 0.05) is 0 Å². The van der Waals surface area contributed by atoms with Crippen LogP contribution in [0.25, 0.3) is 0 Å². The normalized spacial score (nSPS) is 14.3. The Balaban J connectivity index is 3.65. The number of hydrogen-bond donors (Lipinski definition) is 1. The zero-order chi connectivity index (χ0) is 8.20. The van der Waals surface area contributed by atoms with E-state index in [0.29, 0.717) is 0 Å². The lowest BCUT2D eigenvalue weighted by Gasteiger charge is -2.16. The average molecular weight is 204 g/mol. The first-order valence-electron chi connectivity index (χ1n) is 2.22. The van der Waals surface area contributed by atoms with Gasteiger partial charge >= 0.3 is 0 Å². The number of hydrogen-bond acceptors (Lipinski definition) is 3. The Morgan fingerprint density at radius 3 is 2.40 bits per heavy atom. The van der Waals surface area contributed by atoms with Gasteiger partial charge < -0.3 is 9.84 Å². The van der Waals surface area contributed by atoms with Gasteiger partial charge in [-0.2, -0.15) is 5.26 Å². The molecule has 0 fully saturated rings. The number of rotatable bonds is 2. The lowest BCUT2D eigenvalue weighted by atomic mass is 10.7. The SMILES string of the molecule is N#CCOC(O)C(Cl)(Cl)Cl. The van der Waals surface area contributed by atoms with E-state index in [-0.39, 0.29) is 6.61 Å². The number of nitrogens with zero attached hydrogens (tertiary/aromatic N) is 1. The monoisotopic (exact) mass is 203 g/mol. The van der Waals surface area contributed by atoms with Gasteiger partial charge in [-0.1, -0.05) is 34.8 Å². The summed E-state index contributed by atoms with van der Waals surface area (Å²) < 4.78 is 2.46. The molecule has 58 valence electrons. The first-order valence-corrected chi connectivity index (χ1v) is 3.35. The highest BCUT2D eigenvalue weighted by atomic mass is 35.6. The number of ether oxygens (including phenoxy) is 1. The second kappa shape index (κ2) is 4.22. The van der Waals surface area contributed by atoms with E-state index < -0.39 is 10.1 Å². The van der Waals surface area contributed by atoms with Gasteiger partial charge in [-0.3, -0.25) is 0 Å². The molecule has 0 radical (unpaired) electrons. The van der Waals surface area contributed by atoms with Crippen LogP contribution >= 0.6 is 34.8 Å². The molecule has 6 heteroatoms. The minimum Gasteiger partial charge on any atom is -0.365 e. The van der Waals surface area contributed by atoms with E-state index in [0.717, 1.165) is 0 Å². The molecule has 0 bridgehead atoms. The summed E-state index contributed by atoms with van der Waals surface area (Å²) in [7, 11) is 0. The molecule has 1 unspecified atom stereocenters. The van der Waals surface area contributed by atoms with Crippen LogP contribution in [0.5, 0.6) is 0 Å². The van der Waals surface area contributed by atoms with Crippen molar-refractivity contribution in [2.45, 2.75) is 10.1 Å². The van der Waals surface area contributed by atoms with Gasteiger partial charge in [0.25, 0.3) is 0 Å². The van der Waals surface area contributed by atoms with Gasteiger partial charge in [0.2, 0.25) is 10.1 Å². The zero-order valence-electron chi connectivity index (χ0n) is 4.72. The quantitative estimate of drug-likeness (QED) is 0.543. The van der Waals surface area contributed by atoms with Crippen LogP contribution in [0, 0.1) is 11.3 Å². The molecule has 10 heavy (non-hydrogen) atoms. The maximum atomic E-state index is 8.75. The summed E-state index contributed by atoms with van der Waals surface area (Å²) in [6.45, 7) is -0.310. The molecule has 0 aliphatic heterocycles. The van der Waals surface area contributed by atoms with E-state index in [9.17, 15) is 0 Å². The molecule has 0 aliphatic rings. The molecule has 1 N–H and O–H groups in total. The standard InChI is InChI=1S/C4H4Cl3NO2/c5-4(6,7)3(9)10-2-1-8/h3,9H,2H2. The number of aliphatic hydroxyl groups is 1. The molecular weight excluding hydrogens is 200 g/mol. The Morgan fingerprint density at radius 2 is 2.10 bits per heavy atom. The molecule has 1 atom stereocenters. The van der Waals surface area contributed by atoms with Crippen LogP contribution in [-0.2, 0) is 4.74 Å². The van der Waals surface area contributed by atoms with Crippen molar-refractivity contribution in [2.24, 2.45) is 0 Å². The van der Waals surface area contributed by atoms with Gasteiger partial charge in [-0.25, -0.2) is 0 Å². The molecule has 0 aromatic rings. The fourth-order valence-corrected chi connectivity index (χ4v) is 0.400. The van der Waals surface area contributed by atoms with Gasteiger partial charge in [-0.05, 0) is 0 Å². The fraction of sp³-hybridized carbons (Fsp3) is 0.750. The predicted molar refractivity (Wildman–Crippen MR) is 37.9 cm³/mol. The van der Waals surface area contributed by atoms with E-state index in [4.69, 9.17) is 45.2 Å². The van der Waals surface area contributed by atoms with Crippen LogP contribution in [-0.4, -0.2) is 21.8 Å². The summed E-state index contributed by atoms with van der Waals surface area (Å²) in [4.78, 5) is 0. The van der Waals surface area contributed by atoms with Crippen LogP contribution in [0.4, 0.5) is 0 Å². The first-order chi connectivity index (χ1) is 4.48. The number of halogens is 3. The Kier molecular flexibility index (Phi) is 4.34. The van der Waals surface area contributed by atoms with E-state index in [1.54, 1.807) is 6.07 Å². The Labute approximate surface area is 73.0 Å². The molecule has 0 saturated heterocycles. The molecule has 0 spiro atoms. The van der Waals surface area contributed by atoms with Gasteiger partial charge in [0.05, 0.1) is 6.07 Å². The van der Waals surface area contributed by atoms with Gasteiger partial charge in [0.1, 0.15) is 6.61 Å². The Hall–Kier alpha value is 0.280. The zero-order valence-corrected chi connectivity index (χ0v) is 6.99. The molecule has 0 aliphatic carbocycles. The third-order valence-corrected chi connectivity index (χ3v) is 1.15. The fourth-order valence-electron chi connectivity index (χ4n) is 0.211. The molecule has 3 nitrogen and oxygen atoms in total. The number of aliphatic hydroxyl groups excluding tert-OH is 1. The van der Waals surface area contributed by atoms with E-state index in [1.807, 2.05) is 0 Å². The minimum atomic E-state index is -1.89. The number of nitriles is 1. The van der Waals surface area contributed by atoms with Crippen LogP contribution < -0.4 is 0 Å². The van der Waals surface area contributed by atoms with Crippen molar-refractivity contribution >= 4 is 34.8 Å². The summed E-state index contributed by atoms with van der Waals surface area (Å²) in [5, 5.41) is 16.7. The van der Waals surface area contributed by atoms with Crippen LogP contribution in [0.3, 0.4) is 0 Å². The predicted octanol–water partition coefficient (Wildman–Crippen LogP) is 1.22. The van der Waals surface area contributed by atoms with Crippen LogP contribution in [0.1, 0.15) is 0 Å². The van der Waals surface area contributed by atoms with Crippen molar-refractivity contribution in [2.75, 3.05) is 6.61 Å². The molecule has 0 saturated carbocycles. The van der Waals surface area contributed by atoms with Crippen LogP contribution in [0.15, 0.2) is 0 Å². The summed E-state index contributed by atoms with van der Waals surface area (Å²) in [6, 6.07) is 1.61. The van der Waals surface area contributed by atoms with E-state index >= 15 is 0 Å². The second-order valence-electron chi connectivity index (χ2n) is 1.36. The highest BCUT2D eigenvalue weighted by Crippen LogP contribution is 2.30. The third-order valence-electron chi connectivity index (χ3n) is 0.586. The highest BCUT2D eigenvalue weighted by Gasteiger charge is 2.31. The van der Waals surface area contributed by atoms with Crippen molar-refractivity contribution in [1.82, 2.24) is 0 Å². The maximum absolute atomic E-state index is 8.75. The second-order valence-corrected chi connectivity index (χ2v) is 3.73. The molecule has 0 aromatic carbocycles. The van der Waals surface area contributed by atoms with Gasteiger partial charge in [0.15, 0.2) is 0 Å². The van der Waals surface area contributed by atoms with Crippen molar-refractivity contribution in [3.63, 3.8) is 0 Å². The van der Waals surface area contributed by atoms with Crippen molar-refractivity contribution in [3.8, 4) is 6.07 Å². The molecule has 0 rings (SSSR count). The van der Waals surface area contributed by atoms with E-state index in [1.165, 1.54) is 0 Å². The maximum Gasteiger partial charge on any atom is 0.240 e. The molecule has 0 amide bonds. The smallest absolute Gasteiger partial charge is 0.240 e. The topological polar surface area (TPSA) is 53.2 Å². The molecule has 0 aromatic heterocycles. The van der Waals surface area contributed by atoms with Crippen molar-refractivity contribution < 1.29 is 9.84 Å². The van der Waals surface area contributed by atoms with E-state index in [2.05, 4.69) is 4.74 Å². The van der Waals surface area contributed by atoms with Gasteiger partial charge in [-0.15, -0.1) is 0 Å². The lowest BCUT2D eigenvalue weighted by Crippen LogP contribution is -2.28. The van der Waals surface area contributed by atoms with Crippen LogP contribution in [0.2, 0.25) is 0 Å². The average Bonchev–Trinajstić information content (AvgIpc) is 1.80. The first kappa shape index (κ1) is 10.3. The highest BCUT2D eigenvalue weighted by molar-refractivity contribution is 6.67. The summed E-state index contributed by atoms with van der Waals surface area (Å²) in [5.41, 5.74) is 0. The largest absolute Gasteiger partial charge is 0.365 e. The third kappa shape index (κ3) is 4.15. The lowest BCUT2D eigenvalue weighted by molar-refractivity contribution is -0.0832. The molecular formula is C4H4Cl3NO2. The molecule has 0 heterocycles. The number of alkyl halides is 3. The summed E-state index contributed by atoms with van der Waals surface area (Å²) in [5.74, 6) is 0. The van der Waals surface area contributed by atoms with Crippen molar-refractivity contribution in [1.29, 1.82) is 5.26 Å². The van der Waals surface area contributed by atoms with Crippen molar-refractivity contribution in [3.05, 3.63) is 0 Å². The summed E-state index contributed by atoms with van der Waals surface area (Å²) in [6.07, 6.45) is -1.56. The Morgan fingerprint density at radius 1 is 1.60 bits per heavy atom. The summed E-state index contributed by atoms with van der Waals surface area (Å²) >= 11 is 15.5. The Bertz CT molecular complexity index is 138. The minimum absolute atomic E-state index is 0.310.